The van der Waals surface area contributed by atoms with Crippen LogP contribution in [0.2, 0.25) is 0 Å². The zero-order chi connectivity index (χ0) is 37.3. The molecule has 0 saturated carbocycles. The molecule has 1 heterocycles. The minimum atomic E-state index is 1.08. The molecule has 1 aromatic heterocycles. The molecular weight excluding hydrogens is 677 g/mol. The molecule has 56 heavy (non-hydrogen) atoms. The standard InChI is InChI=1S/C54H38N2/c1-5-15-39(16-6-1)42-25-27-44(28-26-42)46-35-45(41-19-9-3-10-20-41)36-50(37-46)55(48-31-29-43(30-32-48)40-17-7-2-8-18-40)49-33-34-52-51-23-13-14-24-53(51)56(54(52)38-49)47-21-11-4-12-22-47/h1-38H. The summed E-state index contributed by atoms with van der Waals surface area (Å²) < 4.78 is 2.39. The minimum Gasteiger partial charge on any atom is -0.310 e. The van der Waals surface area contributed by atoms with Crippen molar-refractivity contribution in [2.45, 2.75) is 0 Å². The first-order valence-corrected chi connectivity index (χ1v) is 19.2. The van der Waals surface area contributed by atoms with Crippen LogP contribution >= 0.6 is 0 Å². The smallest absolute Gasteiger partial charge is 0.0561 e. The Balaban J connectivity index is 1.19. The van der Waals surface area contributed by atoms with Gasteiger partial charge in [0, 0.05) is 33.5 Å². The van der Waals surface area contributed by atoms with Gasteiger partial charge in [-0.25, -0.2) is 0 Å². The Bertz CT molecular complexity index is 2910. The average Bonchev–Trinajstić information content (AvgIpc) is 3.61. The number of benzene rings is 9. The number of fused-ring (bicyclic) bond motifs is 3. The molecule has 0 fully saturated rings. The topological polar surface area (TPSA) is 8.17 Å². The van der Waals surface area contributed by atoms with E-state index in [2.05, 4.69) is 240 Å². The van der Waals surface area contributed by atoms with Crippen LogP contribution in [0.1, 0.15) is 0 Å². The molecule has 2 nitrogen and oxygen atoms in total. The summed E-state index contributed by atoms with van der Waals surface area (Å²) in [6.45, 7) is 0. The highest BCUT2D eigenvalue weighted by Gasteiger charge is 2.19. The summed E-state index contributed by atoms with van der Waals surface area (Å²) in [5.41, 5.74) is 16.2. The number of para-hydroxylation sites is 2. The normalized spacial score (nSPS) is 11.2. The fourth-order valence-corrected chi connectivity index (χ4v) is 8.02. The molecule has 264 valence electrons. The Morgan fingerprint density at radius 3 is 1.23 bits per heavy atom. The second-order valence-corrected chi connectivity index (χ2v) is 14.2. The molecule has 0 spiro atoms. The van der Waals surface area contributed by atoms with Gasteiger partial charge in [-0.1, -0.05) is 170 Å². The molecule has 0 N–H and O–H groups in total. The Labute approximate surface area is 327 Å². The summed E-state index contributed by atoms with van der Waals surface area (Å²) in [5, 5.41) is 2.47. The molecule has 0 saturated heterocycles. The summed E-state index contributed by atoms with van der Waals surface area (Å²) in [6.07, 6.45) is 0. The Morgan fingerprint density at radius 2 is 0.661 bits per heavy atom. The lowest BCUT2D eigenvalue weighted by Crippen LogP contribution is -2.10. The summed E-state index contributed by atoms with van der Waals surface area (Å²) >= 11 is 0. The van der Waals surface area contributed by atoms with Crippen LogP contribution in [-0.2, 0) is 0 Å². The van der Waals surface area contributed by atoms with E-state index in [0.29, 0.717) is 0 Å². The highest BCUT2D eigenvalue weighted by Crippen LogP contribution is 2.43. The van der Waals surface area contributed by atoms with E-state index >= 15 is 0 Å². The van der Waals surface area contributed by atoms with Gasteiger partial charge in [0.25, 0.3) is 0 Å². The van der Waals surface area contributed by atoms with Crippen molar-refractivity contribution in [3.63, 3.8) is 0 Å². The lowest BCUT2D eigenvalue weighted by molar-refractivity contribution is 1.18. The lowest BCUT2D eigenvalue weighted by atomic mass is 9.95. The maximum absolute atomic E-state index is 2.41. The molecule has 2 heteroatoms. The predicted molar refractivity (Wildman–Crippen MR) is 237 cm³/mol. The summed E-state index contributed by atoms with van der Waals surface area (Å²) in [4.78, 5) is 2.41. The number of hydrogen-bond acceptors (Lipinski definition) is 1. The van der Waals surface area contributed by atoms with Crippen molar-refractivity contribution in [1.29, 1.82) is 0 Å². The first kappa shape index (κ1) is 33.2. The second kappa shape index (κ2) is 14.4. The molecule has 9 aromatic carbocycles. The van der Waals surface area contributed by atoms with Gasteiger partial charge in [-0.15, -0.1) is 0 Å². The van der Waals surface area contributed by atoms with Crippen LogP contribution in [0.15, 0.2) is 231 Å². The molecule has 0 bridgehead atoms. The van der Waals surface area contributed by atoms with Crippen molar-refractivity contribution < 1.29 is 0 Å². The van der Waals surface area contributed by atoms with E-state index in [-0.39, 0.29) is 0 Å². The second-order valence-electron chi connectivity index (χ2n) is 14.2. The van der Waals surface area contributed by atoms with E-state index in [4.69, 9.17) is 0 Å². The number of rotatable bonds is 8. The van der Waals surface area contributed by atoms with Gasteiger partial charge in [0.2, 0.25) is 0 Å². The first-order chi connectivity index (χ1) is 27.8. The number of nitrogens with zero attached hydrogens (tertiary/aromatic N) is 2. The molecule has 0 radical (unpaired) electrons. The van der Waals surface area contributed by atoms with Crippen LogP contribution in [0.25, 0.3) is 72.0 Å². The van der Waals surface area contributed by atoms with Crippen LogP contribution in [0.5, 0.6) is 0 Å². The number of hydrogen-bond donors (Lipinski definition) is 0. The molecule has 10 rings (SSSR count). The number of aromatic nitrogens is 1. The largest absolute Gasteiger partial charge is 0.310 e. The Kier molecular flexibility index (Phi) is 8.55. The fourth-order valence-electron chi connectivity index (χ4n) is 8.02. The Hall–Kier alpha value is -7.42. The first-order valence-electron chi connectivity index (χ1n) is 19.2. The van der Waals surface area contributed by atoms with Gasteiger partial charge in [0.1, 0.15) is 0 Å². The van der Waals surface area contributed by atoms with E-state index in [0.717, 1.165) is 39.4 Å². The van der Waals surface area contributed by atoms with Crippen molar-refractivity contribution >= 4 is 38.9 Å². The lowest BCUT2D eigenvalue weighted by Gasteiger charge is -2.27. The van der Waals surface area contributed by atoms with Gasteiger partial charge < -0.3 is 9.47 Å². The van der Waals surface area contributed by atoms with Crippen molar-refractivity contribution in [2.24, 2.45) is 0 Å². The minimum absolute atomic E-state index is 1.08. The number of anilines is 3. The highest BCUT2D eigenvalue weighted by atomic mass is 15.1. The molecule has 0 aliphatic rings. The Morgan fingerprint density at radius 1 is 0.250 bits per heavy atom. The van der Waals surface area contributed by atoms with Crippen molar-refractivity contribution in [2.75, 3.05) is 4.90 Å². The van der Waals surface area contributed by atoms with Crippen LogP contribution in [0.3, 0.4) is 0 Å². The monoisotopic (exact) mass is 714 g/mol. The van der Waals surface area contributed by atoms with Crippen molar-refractivity contribution in [3.8, 4) is 50.2 Å². The van der Waals surface area contributed by atoms with Gasteiger partial charge in [-0.05, 0) is 105 Å². The summed E-state index contributed by atoms with van der Waals surface area (Å²) in [7, 11) is 0. The quantitative estimate of drug-likeness (QED) is 0.152. The molecule has 0 unspecified atom stereocenters. The van der Waals surface area contributed by atoms with Crippen molar-refractivity contribution in [3.05, 3.63) is 231 Å². The van der Waals surface area contributed by atoms with E-state index < -0.39 is 0 Å². The zero-order valence-electron chi connectivity index (χ0n) is 30.8. The van der Waals surface area contributed by atoms with Crippen LogP contribution in [-0.4, -0.2) is 4.57 Å². The molecule has 0 aliphatic heterocycles. The molecule has 10 aromatic rings. The van der Waals surface area contributed by atoms with Crippen LogP contribution in [0.4, 0.5) is 17.1 Å². The van der Waals surface area contributed by atoms with Gasteiger partial charge in [0.15, 0.2) is 0 Å². The van der Waals surface area contributed by atoms with E-state index in [1.807, 2.05) is 0 Å². The average molecular weight is 715 g/mol. The maximum Gasteiger partial charge on any atom is 0.0561 e. The van der Waals surface area contributed by atoms with E-state index in [1.165, 1.54) is 49.7 Å². The molecule has 0 aliphatic carbocycles. The molecular formula is C54H38N2. The summed E-state index contributed by atoms with van der Waals surface area (Å²) in [5.74, 6) is 0. The van der Waals surface area contributed by atoms with E-state index in [1.54, 1.807) is 0 Å². The van der Waals surface area contributed by atoms with Gasteiger partial charge in [-0.3, -0.25) is 0 Å². The zero-order valence-corrected chi connectivity index (χ0v) is 30.8. The van der Waals surface area contributed by atoms with Gasteiger partial charge in [-0.2, -0.15) is 0 Å². The van der Waals surface area contributed by atoms with Crippen LogP contribution < -0.4 is 4.90 Å². The van der Waals surface area contributed by atoms with Crippen molar-refractivity contribution in [1.82, 2.24) is 4.57 Å². The maximum atomic E-state index is 2.41. The van der Waals surface area contributed by atoms with E-state index in [9.17, 15) is 0 Å². The van der Waals surface area contributed by atoms with Gasteiger partial charge >= 0.3 is 0 Å². The molecule has 0 amide bonds. The third-order valence-corrected chi connectivity index (χ3v) is 10.8. The highest BCUT2D eigenvalue weighted by molar-refractivity contribution is 6.10. The third-order valence-electron chi connectivity index (χ3n) is 10.8. The van der Waals surface area contributed by atoms with Crippen LogP contribution in [0, 0.1) is 0 Å². The summed E-state index contributed by atoms with van der Waals surface area (Å²) in [6, 6.07) is 83.2. The SMILES string of the molecule is c1ccc(-c2ccc(-c3cc(-c4ccccc4)cc(N(c4ccc(-c5ccccc5)cc4)c4ccc5c6ccccc6n(-c6ccccc6)c5c4)c3)cc2)cc1. The fraction of sp³-hybridized carbons (Fsp3) is 0. The predicted octanol–water partition coefficient (Wildman–Crippen LogP) is 14.9. The third kappa shape index (κ3) is 6.24. The van der Waals surface area contributed by atoms with Gasteiger partial charge in [0.05, 0.1) is 11.0 Å². The molecule has 0 atom stereocenters.